The van der Waals surface area contributed by atoms with Gasteiger partial charge < -0.3 is 4.74 Å². The topological polar surface area (TPSA) is 81.2 Å². The molecule has 106 valence electrons. The second-order valence-electron chi connectivity index (χ2n) is 3.64. The number of methoxy groups -OCH3 is 1. The maximum Gasteiger partial charge on any atom is 0.316 e. The highest BCUT2D eigenvalue weighted by Gasteiger charge is 2.17. The fraction of sp³-hybridized carbons (Fsp3) is 0.0909. The molecule has 20 heavy (non-hydrogen) atoms. The molecule has 6 nitrogen and oxygen atoms in total. The van der Waals surface area contributed by atoms with Crippen molar-refractivity contribution in [1.29, 1.82) is 0 Å². The van der Waals surface area contributed by atoms with Crippen LogP contribution in [0.5, 0.6) is 6.01 Å². The van der Waals surface area contributed by atoms with Gasteiger partial charge in [0.1, 0.15) is 0 Å². The third kappa shape index (κ3) is 2.99. The normalized spacial score (nSPS) is 11.2. The van der Waals surface area contributed by atoms with Crippen molar-refractivity contribution in [1.82, 2.24) is 9.97 Å². The van der Waals surface area contributed by atoms with Gasteiger partial charge in [-0.3, -0.25) is 4.72 Å². The Balaban J connectivity index is 2.27. The molecule has 1 N–H and O–H groups in total. The summed E-state index contributed by atoms with van der Waals surface area (Å²) < 4.78 is 56.5. The van der Waals surface area contributed by atoms with Gasteiger partial charge in [-0.2, -0.15) is 0 Å². The lowest BCUT2D eigenvalue weighted by Gasteiger charge is -2.08. The summed E-state index contributed by atoms with van der Waals surface area (Å²) in [6.45, 7) is 0. The summed E-state index contributed by atoms with van der Waals surface area (Å²) in [7, 11) is -2.69. The molecule has 0 aliphatic carbocycles. The van der Waals surface area contributed by atoms with Crippen molar-refractivity contribution < 1.29 is 21.9 Å². The van der Waals surface area contributed by atoms with Crippen molar-refractivity contribution in [3.8, 4) is 6.01 Å². The Morgan fingerprint density at radius 3 is 2.35 bits per heavy atom. The van der Waals surface area contributed by atoms with Crippen molar-refractivity contribution in [3.63, 3.8) is 0 Å². The molecule has 0 aliphatic rings. The Morgan fingerprint density at radius 1 is 1.15 bits per heavy atom. The number of nitrogens with zero attached hydrogens (tertiary/aromatic N) is 2. The maximum atomic E-state index is 13.0. The van der Waals surface area contributed by atoms with Gasteiger partial charge in [0, 0.05) is 0 Å². The van der Waals surface area contributed by atoms with Gasteiger partial charge in [-0.1, -0.05) is 0 Å². The van der Waals surface area contributed by atoms with E-state index >= 15 is 0 Å². The summed E-state index contributed by atoms with van der Waals surface area (Å²) in [5, 5.41) is 0. The smallest absolute Gasteiger partial charge is 0.316 e. The lowest BCUT2D eigenvalue weighted by Crippen LogP contribution is -2.14. The summed E-state index contributed by atoms with van der Waals surface area (Å²) in [5.74, 6) is -2.38. The van der Waals surface area contributed by atoms with Crippen molar-refractivity contribution in [2.45, 2.75) is 4.90 Å². The number of halogens is 2. The Morgan fingerprint density at radius 2 is 1.80 bits per heavy atom. The molecule has 0 amide bonds. The Kier molecular flexibility index (Phi) is 3.79. The average molecular weight is 301 g/mol. The van der Waals surface area contributed by atoms with Crippen LogP contribution in [-0.4, -0.2) is 25.5 Å². The summed E-state index contributed by atoms with van der Waals surface area (Å²) in [4.78, 5) is 7.01. The van der Waals surface area contributed by atoms with E-state index in [9.17, 15) is 17.2 Å². The Labute approximate surface area is 113 Å². The average Bonchev–Trinajstić information content (AvgIpc) is 2.42. The van der Waals surface area contributed by atoms with Crippen molar-refractivity contribution >= 4 is 15.7 Å². The molecule has 2 aromatic rings. The number of nitrogens with one attached hydrogen (secondary N) is 1. The van der Waals surface area contributed by atoms with E-state index < -0.39 is 26.6 Å². The van der Waals surface area contributed by atoms with Crippen molar-refractivity contribution in [2.24, 2.45) is 0 Å². The van der Waals surface area contributed by atoms with E-state index in [1.807, 2.05) is 0 Å². The fourth-order valence-electron chi connectivity index (χ4n) is 1.33. The number of aromatic nitrogens is 2. The number of rotatable bonds is 4. The Hall–Kier alpha value is -2.29. The highest BCUT2D eigenvalue weighted by atomic mass is 32.2. The van der Waals surface area contributed by atoms with Gasteiger partial charge in [-0.25, -0.2) is 27.2 Å². The molecular formula is C11H9F2N3O3S. The third-order valence-corrected chi connectivity index (χ3v) is 3.64. The van der Waals surface area contributed by atoms with E-state index in [-0.39, 0.29) is 11.7 Å². The lowest BCUT2D eigenvalue weighted by molar-refractivity contribution is 0.380. The number of sulfonamides is 1. The minimum Gasteiger partial charge on any atom is -0.467 e. The molecule has 0 spiro atoms. The van der Waals surface area contributed by atoms with Crippen LogP contribution in [0.4, 0.5) is 14.5 Å². The highest BCUT2D eigenvalue weighted by molar-refractivity contribution is 7.92. The van der Waals surface area contributed by atoms with E-state index in [0.717, 1.165) is 12.1 Å². The Bertz CT molecular complexity index is 720. The maximum absolute atomic E-state index is 13.0. The highest BCUT2D eigenvalue weighted by Crippen LogP contribution is 2.17. The number of anilines is 1. The van der Waals surface area contributed by atoms with E-state index in [4.69, 9.17) is 4.74 Å². The number of ether oxygens (including phenoxy) is 1. The quantitative estimate of drug-likeness (QED) is 0.927. The first-order chi connectivity index (χ1) is 9.42. The molecule has 0 saturated heterocycles. The molecule has 1 heterocycles. The molecule has 0 bridgehead atoms. The van der Waals surface area contributed by atoms with E-state index in [0.29, 0.717) is 6.07 Å². The van der Waals surface area contributed by atoms with Crippen molar-refractivity contribution in [3.05, 3.63) is 42.2 Å². The van der Waals surface area contributed by atoms with Crippen LogP contribution in [0.25, 0.3) is 0 Å². The van der Waals surface area contributed by atoms with Crippen LogP contribution in [0.15, 0.2) is 35.5 Å². The van der Waals surface area contributed by atoms with E-state index in [1.54, 1.807) is 0 Å². The van der Waals surface area contributed by atoms with Crippen LogP contribution in [0.1, 0.15) is 0 Å². The van der Waals surface area contributed by atoms with Crippen molar-refractivity contribution in [2.75, 3.05) is 11.8 Å². The van der Waals surface area contributed by atoms with E-state index in [1.165, 1.54) is 19.5 Å². The molecule has 2 rings (SSSR count). The van der Waals surface area contributed by atoms with Crippen LogP contribution in [0, 0.1) is 11.6 Å². The van der Waals surface area contributed by atoms with Gasteiger partial charge in [0.2, 0.25) is 0 Å². The molecule has 0 radical (unpaired) electrons. The second kappa shape index (κ2) is 5.37. The number of hydrogen-bond acceptors (Lipinski definition) is 5. The first kappa shape index (κ1) is 14.1. The summed E-state index contributed by atoms with van der Waals surface area (Å²) in [5.41, 5.74) is 0.0653. The fourth-order valence-corrected chi connectivity index (χ4v) is 2.37. The predicted molar refractivity (Wildman–Crippen MR) is 65.8 cm³/mol. The van der Waals surface area contributed by atoms with E-state index in [2.05, 4.69) is 14.7 Å². The minimum absolute atomic E-state index is 0.0653. The molecule has 1 aromatic carbocycles. The first-order valence-electron chi connectivity index (χ1n) is 5.26. The molecule has 0 aliphatic heterocycles. The van der Waals surface area contributed by atoms with Gasteiger partial charge in [0.15, 0.2) is 11.6 Å². The predicted octanol–water partition coefficient (Wildman–Crippen LogP) is 1.56. The van der Waals surface area contributed by atoms with Gasteiger partial charge in [-0.15, -0.1) is 0 Å². The molecule has 1 aromatic heterocycles. The first-order valence-corrected chi connectivity index (χ1v) is 6.74. The minimum atomic E-state index is -4.05. The SMILES string of the molecule is COc1ncc(NS(=O)(=O)c2ccc(F)c(F)c2)cn1. The lowest BCUT2D eigenvalue weighted by atomic mass is 10.3. The van der Waals surface area contributed by atoms with Crippen LogP contribution in [0.2, 0.25) is 0 Å². The van der Waals surface area contributed by atoms with Gasteiger partial charge >= 0.3 is 6.01 Å². The second-order valence-corrected chi connectivity index (χ2v) is 5.32. The monoisotopic (exact) mass is 301 g/mol. The summed E-state index contributed by atoms with van der Waals surface area (Å²) >= 11 is 0. The molecule has 0 unspecified atom stereocenters. The molecule has 0 saturated carbocycles. The molecular weight excluding hydrogens is 292 g/mol. The number of benzene rings is 1. The van der Waals surface area contributed by atoms with Crippen LogP contribution in [-0.2, 0) is 10.0 Å². The zero-order chi connectivity index (χ0) is 14.8. The van der Waals surface area contributed by atoms with Gasteiger partial charge in [-0.05, 0) is 18.2 Å². The van der Waals surface area contributed by atoms with Gasteiger partial charge in [0.25, 0.3) is 10.0 Å². The van der Waals surface area contributed by atoms with Crippen LogP contribution in [0.3, 0.4) is 0 Å². The zero-order valence-corrected chi connectivity index (χ0v) is 11.0. The van der Waals surface area contributed by atoms with Crippen LogP contribution >= 0.6 is 0 Å². The standard InChI is InChI=1S/C11H9F2N3O3S/c1-19-11-14-5-7(6-15-11)16-20(17,18)8-2-3-9(12)10(13)4-8/h2-6,16H,1H3. The molecule has 9 heteroatoms. The van der Waals surface area contributed by atoms with Gasteiger partial charge in [0.05, 0.1) is 30.1 Å². The summed E-state index contributed by atoms with van der Waals surface area (Å²) in [6.07, 6.45) is 2.37. The van der Waals surface area contributed by atoms with Crippen LogP contribution < -0.4 is 9.46 Å². The number of hydrogen-bond donors (Lipinski definition) is 1. The largest absolute Gasteiger partial charge is 0.467 e. The molecule has 0 fully saturated rings. The third-order valence-electron chi connectivity index (χ3n) is 2.26. The zero-order valence-electron chi connectivity index (χ0n) is 10.2. The summed E-state index contributed by atoms with van der Waals surface area (Å²) in [6, 6.07) is 2.34. The molecule has 0 atom stereocenters.